The van der Waals surface area contributed by atoms with Crippen molar-refractivity contribution in [3.63, 3.8) is 0 Å². The number of carbonyl (C=O) groups excluding carboxylic acids is 1. The number of nitrogens with zero attached hydrogens (tertiary/aromatic N) is 1. The van der Waals surface area contributed by atoms with Crippen LogP contribution in [0.1, 0.15) is 6.42 Å². The number of rotatable bonds is 2. The van der Waals surface area contributed by atoms with Crippen molar-refractivity contribution in [1.82, 2.24) is 10.2 Å². The molecule has 0 aromatic heterocycles. The van der Waals surface area contributed by atoms with Crippen LogP contribution in [-0.4, -0.2) is 44.2 Å². The molecule has 1 aromatic rings. The zero-order chi connectivity index (χ0) is 13.9. The smallest absolute Gasteiger partial charge is 0.321 e. The summed E-state index contributed by atoms with van der Waals surface area (Å²) in [5.41, 5.74) is 0.809. The highest BCUT2D eigenvalue weighted by Gasteiger charge is 2.36. The molecule has 0 aliphatic carbocycles. The van der Waals surface area contributed by atoms with Crippen LogP contribution in [0, 0.1) is 11.8 Å². The van der Waals surface area contributed by atoms with Crippen molar-refractivity contribution in [2.24, 2.45) is 11.8 Å². The monoisotopic (exact) mass is 275 g/mol. The number of hydrogen-bond donors (Lipinski definition) is 2. The van der Waals surface area contributed by atoms with Gasteiger partial charge in [0.15, 0.2) is 0 Å². The van der Waals surface area contributed by atoms with Crippen LogP contribution in [0.5, 0.6) is 5.75 Å². The summed E-state index contributed by atoms with van der Waals surface area (Å²) in [6.07, 6.45) is 1.18. The number of nitrogens with one attached hydrogen (secondary N) is 2. The molecule has 2 amide bonds. The molecule has 0 saturated carbocycles. The van der Waals surface area contributed by atoms with E-state index in [1.54, 1.807) is 7.11 Å². The largest absolute Gasteiger partial charge is 0.497 e. The average Bonchev–Trinajstić information content (AvgIpc) is 2.92. The first-order valence-electron chi connectivity index (χ1n) is 7.17. The number of carbonyl (C=O) groups is 1. The van der Waals surface area contributed by atoms with E-state index < -0.39 is 0 Å². The average molecular weight is 275 g/mol. The van der Waals surface area contributed by atoms with Gasteiger partial charge in [0, 0.05) is 18.8 Å². The molecule has 2 atom stereocenters. The minimum absolute atomic E-state index is 0.00423. The van der Waals surface area contributed by atoms with Gasteiger partial charge in [-0.05, 0) is 55.6 Å². The van der Waals surface area contributed by atoms with Gasteiger partial charge in [-0.15, -0.1) is 0 Å². The second kappa shape index (κ2) is 5.71. The van der Waals surface area contributed by atoms with Gasteiger partial charge in [-0.1, -0.05) is 0 Å². The highest BCUT2D eigenvalue weighted by Crippen LogP contribution is 2.28. The summed E-state index contributed by atoms with van der Waals surface area (Å²) in [4.78, 5) is 14.2. The number of hydrogen-bond acceptors (Lipinski definition) is 3. The first-order valence-corrected chi connectivity index (χ1v) is 7.17. The van der Waals surface area contributed by atoms with Gasteiger partial charge in [0.1, 0.15) is 5.75 Å². The molecule has 5 nitrogen and oxygen atoms in total. The Labute approximate surface area is 119 Å². The number of piperidine rings is 1. The summed E-state index contributed by atoms with van der Waals surface area (Å²) in [6, 6.07) is 7.43. The number of fused-ring (bicyclic) bond motifs is 1. The number of amides is 2. The van der Waals surface area contributed by atoms with Crippen LogP contribution >= 0.6 is 0 Å². The van der Waals surface area contributed by atoms with E-state index in [0.717, 1.165) is 37.6 Å². The van der Waals surface area contributed by atoms with Gasteiger partial charge in [-0.25, -0.2) is 4.79 Å². The molecule has 2 aliphatic heterocycles. The molecule has 20 heavy (non-hydrogen) atoms. The van der Waals surface area contributed by atoms with Crippen molar-refractivity contribution >= 4 is 11.7 Å². The second-order valence-corrected chi connectivity index (χ2v) is 5.58. The Kier molecular flexibility index (Phi) is 3.78. The highest BCUT2D eigenvalue weighted by atomic mass is 16.5. The normalized spacial score (nSPS) is 25.1. The molecule has 2 unspecified atom stereocenters. The highest BCUT2D eigenvalue weighted by molar-refractivity contribution is 5.89. The van der Waals surface area contributed by atoms with Crippen LogP contribution in [0.25, 0.3) is 0 Å². The third-order valence-electron chi connectivity index (χ3n) is 4.30. The summed E-state index contributed by atoms with van der Waals surface area (Å²) < 4.78 is 5.11. The predicted molar refractivity (Wildman–Crippen MR) is 78.1 cm³/mol. The van der Waals surface area contributed by atoms with Gasteiger partial charge in [0.25, 0.3) is 0 Å². The van der Waals surface area contributed by atoms with E-state index >= 15 is 0 Å². The van der Waals surface area contributed by atoms with Gasteiger partial charge in [0.2, 0.25) is 0 Å². The molecule has 0 radical (unpaired) electrons. The maximum Gasteiger partial charge on any atom is 0.321 e. The van der Waals surface area contributed by atoms with Crippen LogP contribution in [-0.2, 0) is 0 Å². The van der Waals surface area contributed by atoms with Crippen molar-refractivity contribution in [2.75, 3.05) is 38.6 Å². The van der Waals surface area contributed by atoms with E-state index in [2.05, 4.69) is 10.6 Å². The number of benzene rings is 1. The molecule has 108 valence electrons. The number of anilines is 1. The molecule has 0 spiro atoms. The third kappa shape index (κ3) is 2.72. The summed E-state index contributed by atoms with van der Waals surface area (Å²) in [5, 5.41) is 6.36. The minimum atomic E-state index is 0.00423. The minimum Gasteiger partial charge on any atom is -0.497 e. The van der Waals surface area contributed by atoms with Crippen LogP contribution in [0.3, 0.4) is 0 Å². The summed E-state index contributed by atoms with van der Waals surface area (Å²) >= 11 is 0. The maximum atomic E-state index is 12.3. The van der Waals surface area contributed by atoms with Crippen molar-refractivity contribution in [3.05, 3.63) is 24.3 Å². The molecule has 2 N–H and O–H groups in total. The van der Waals surface area contributed by atoms with E-state index in [9.17, 15) is 4.79 Å². The first-order chi connectivity index (χ1) is 9.76. The second-order valence-electron chi connectivity index (χ2n) is 5.58. The Morgan fingerprint density at radius 2 is 2.05 bits per heavy atom. The van der Waals surface area contributed by atoms with Crippen LogP contribution < -0.4 is 15.4 Å². The number of likely N-dealkylation sites (tertiary alicyclic amines) is 1. The fourth-order valence-electron chi connectivity index (χ4n) is 3.11. The lowest BCUT2D eigenvalue weighted by Gasteiger charge is -2.23. The van der Waals surface area contributed by atoms with Crippen LogP contribution in [0.2, 0.25) is 0 Å². The topological polar surface area (TPSA) is 53.6 Å². The zero-order valence-electron chi connectivity index (χ0n) is 11.8. The van der Waals surface area contributed by atoms with E-state index in [1.807, 2.05) is 29.2 Å². The van der Waals surface area contributed by atoms with Gasteiger partial charge in [0.05, 0.1) is 7.11 Å². The van der Waals surface area contributed by atoms with E-state index in [4.69, 9.17) is 4.74 Å². The molecule has 2 aliphatic rings. The predicted octanol–water partition coefficient (Wildman–Crippen LogP) is 1.77. The van der Waals surface area contributed by atoms with Gasteiger partial charge >= 0.3 is 6.03 Å². The fraction of sp³-hybridized carbons (Fsp3) is 0.533. The summed E-state index contributed by atoms with van der Waals surface area (Å²) in [7, 11) is 1.63. The van der Waals surface area contributed by atoms with Gasteiger partial charge in [-0.3, -0.25) is 0 Å². The van der Waals surface area contributed by atoms with Crippen molar-refractivity contribution < 1.29 is 9.53 Å². The third-order valence-corrected chi connectivity index (χ3v) is 4.30. The number of urea groups is 1. The molecule has 2 heterocycles. The van der Waals surface area contributed by atoms with Crippen LogP contribution in [0.4, 0.5) is 10.5 Å². The Morgan fingerprint density at radius 3 is 2.75 bits per heavy atom. The lowest BCUT2D eigenvalue weighted by molar-refractivity contribution is 0.220. The molecule has 0 bridgehead atoms. The van der Waals surface area contributed by atoms with Gasteiger partial charge < -0.3 is 20.3 Å². The standard InChI is InChI=1S/C15H21N3O2/c1-20-14-4-2-13(3-5-14)17-15(19)18-9-11-6-7-16-8-12(11)10-18/h2-5,11-12,16H,6-10H2,1H3,(H,17,19). The molecular formula is C15H21N3O2. The molecule has 1 aromatic carbocycles. The Balaban J connectivity index is 1.59. The SMILES string of the molecule is COc1ccc(NC(=O)N2CC3CCNCC3C2)cc1. The lowest BCUT2D eigenvalue weighted by Crippen LogP contribution is -2.35. The quantitative estimate of drug-likeness (QED) is 0.865. The lowest BCUT2D eigenvalue weighted by atomic mass is 9.90. The maximum absolute atomic E-state index is 12.3. The summed E-state index contributed by atoms with van der Waals surface area (Å²) in [5.74, 6) is 2.07. The Bertz CT molecular complexity index is 461. The molecule has 2 fully saturated rings. The molecule has 3 rings (SSSR count). The Morgan fingerprint density at radius 1 is 1.30 bits per heavy atom. The number of ether oxygens (including phenoxy) is 1. The van der Waals surface area contributed by atoms with E-state index in [1.165, 1.54) is 6.42 Å². The molecular weight excluding hydrogens is 254 g/mol. The molecule has 2 saturated heterocycles. The first kappa shape index (κ1) is 13.2. The zero-order valence-corrected chi connectivity index (χ0v) is 11.8. The number of methoxy groups -OCH3 is 1. The molecule has 5 heteroatoms. The van der Waals surface area contributed by atoms with Crippen molar-refractivity contribution in [2.45, 2.75) is 6.42 Å². The Hall–Kier alpha value is -1.75. The summed E-state index contributed by atoms with van der Waals surface area (Å²) in [6.45, 7) is 3.86. The van der Waals surface area contributed by atoms with Gasteiger partial charge in [-0.2, -0.15) is 0 Å². The van der Waals surface area contributed by atoms with Crippen molar-refractivity contribution in [1.29, 1.82) is 0 Å². The van der Waals surface area contributed by atoms with E-state index in [0.29, 0.717) is 11.8 Å². The van der Waals surface area contributed by atoms with Crippen molar-refractivity contribution in [3.8, 4) is 5.75 Å². The fourth-order valence-corrected chi connectivity index (χ4v) is 3.11. The van der Waals surface area contributed by atoms with Crippen LogP contribution in [0.15, 0.2) is 24.3 Å². The van der Waals surface area contributed by atoms with E-state index in [-0.39, 0.29) is 6.03 Å².